The first-order chi connectivity index (χ1) is 11.1. The normalized spacial score (nSPS) is 10.3. The van der Waals surface area contributed by atoms with Crippen LogP contribution in [0.2, 0.25) is 0 Å². The lowest BCUT2D eigenvalue weighted by Crippen LogP contribution is -2.14. The van der Waals surface area contributed by atoms with Gasteiger partial charge in [0.05, 0.1) is 19.6 Å². The summed E-state index contributed by atoms with van der Waals surface area (Å²) in [6, 6.07) is 0. The van der Waals surface area contributed by atoms with Gasteiger partial charge in [-0.1, -0.05) is 71.8 Å². The van der Waals surface area contributed by atoms with Crippen molar-refractivity contribution in [2.75, 3.05) is 13.2 Å². The van der Waals surface area contributed by atoms with Crippen molar-refractivity contribution < 1.29 is 19.1 Å². The van der Waals surface area contributed by atoms with Gasteiger partial charge in [0.2, 0.25) is 0 Å². The molecule has 0 aromatic carbocycles. The van der Waals surface area contributed by atoms with Gasteiger partial charge in [-0.2, -0.15) is 0 Å². The lowest BCUT2D eigenvalue weighted by molar-refractivity contribution is -0.146. The Kier molecular flexibility index (Phi) is 14.7. The topological polar surface area (TPSA) is 52.6 Å². The monoisotopic (exact) mass is 326 g/mol. The number of esters is 2. The van der Waals surface area contributed by atoms with Crippen molar-refractivity contribution in [2.24, 2.45) is 0 Å². The summed E-state index contributed by atoms with van der Waals surface area (Å²) in [5.41, 5.74) is 0.174. The highest BCUT2D eigenvalue weighted by Gasteiger charge is 2.13. The van der Waals surface area contributed by atoms with Gasteiger partial charge in [-0.15, -0.1) is 0 Å². The zero-order valence-electron chi connectivity index (χ0n) is 15.0. The van der Waals surface area contributed by atoms with Crippen LogP contribution in [0.15, 0.2) is 12.2 Å². The number of hydrogen-bond acceptors (Lipinski definition) is 4. The molecule has 0 rings (SSSR count). The quantitative estimate of drug-likeness (QED) is 0.242. The van der Waals surface area contributed by atoms with Crippen molar-refractivity contribution in [2.45, 2.75) is 84.5 Å². The molecule has 4 nitrogen and oxygen atoms in total. The maximum Gasteiger partial charge on any atom is 0.333 e. The van der Waals surface area contributed by atoms with E-state index in [9.17, 15) is 9.59 Å². The molecule has 0 saturated heterocycles. The molecule has 23 heavy (non-hydrogen) atoms. The molecule has 0 unspecified atom stereocenters. The summed E-state index contributed by atoms with van der Waals surface area (Å²) >= 11 is 0. The van der Waals surface area contributed by atoms with Crippen molar-refractivity contribution in [1.82, 2.24) is 0 Å². The fraction of sp³-hybridized carbons (Fsp3) is 0.789. The lowest BCUT2D eigenvalue weighted by atomic mass is 10.1. The van der Waals surface area contributed by atoms with E-state index in [0.717, 1.165) is 38.5 Å². The van der Waals surface area contributed by atoms with Crippen LogP contribution in [0.4, 0.5) is 0 Å². The van der Waals surface area contributed by atoms with E-state index in [1.807, 2.05) is 0 Å². The SMILES string of the molecule is C=C(CC(=O)OCCCCCCCC)C(=O)OCCCCCC. The number of carbonyl (C=O) groups excluding carboxylic acids is 2. The van der Waals surface area contributed by atoms with Crippen LogP contribution in [0.25, 0.3) is 0 Å². The van der Waals surface area contributed by atoms with Crippen LogP contribution in [0.1, 0.15) is 84.5 Å². The highest BCUT2D eigenvalue weighted by Crippen LogP contribution is 2.07. The second-order valence-corrected chi connectivity index (χ2v) is 5.97. The van der Waals surface area contributed by atoms with E-state index in [2.05, 4.69) is 20.4 Å². The summed E-state index contributed by atoms with van der Waals surface area (Å²) in [6.07, 6.45) is 11.0. The molecule has 0 heterocycles. The standard InChI is InChI=1S/C19H34O4/c1-4-6-8-10-11-13-14-22-18(20)16-17(3)19(21)23-15-12-9-7-5-2/h3-16H2,1-2H3. The predicted molar refractivity (Wildman–Crippen MR) is 93.2 cm³/mol. The minimum Gasteiger partial charge on any atom is -0.465 e. The third-order valence-electron chi connectivity index (χ3n) is 3.64. The third-order valence-corrected chi connectivity index (χ3v) is 3.64. The van der Waals surface area contributed by atoms with Crippen molar-refractivity contribution in [3.05, 3.63) is 12.2 Å². The van der Waals surface area contributed by atoms with Gasteiger partial charge in [0, 0.05) is 5.57 Å². The molecular formula is C19H34O4. The second kappa shape index (κ2) is 15.6. The fourth-order valence-corrected chi connectivity index (χ4v) is 2.16. The van der Waals surface area contributed by atoms with Gasteiger partial charge < -0.3 is 9.47 Å². The average Bonchev–Trinajstić information content (AvgIpc) is 2.53. The van der Waals surface area contributed by atoms with Crippen molar-refractivity contribution in [1.29, 1.82) is 0 Å². The molecule has 0 aliphatic heterocycles. The first-order valence-corrected chi connectivity index (χ1v) is 9.12. The van der Waals surface area contributed by atoms with Gasteiger partial charge >= 0.3 is 11.9 Å². The zero-order valence-corrected chi connectivity index (χ0v) is 15.0. The van der Waals surface area contributed by atoms with E-state index in [4.69, 9.17) is 9.47 Å². The summed E-state index contributed by atoms with van der Waals surface area (Å²) in [7, 11) is 0. The third kappa shape index (κ3) is 14.0. The molecule has 0 aliphatic carbocycles. The molecule has 4 heteroatoms. The first-order valence-electron chi connectivity index (χ1n) is 9.12. The molecule has 0 amide bonds. The molecule has 0 N–H and O–H groups in total. The molecule has 0 aliphatic rings. The molecule has 0 atom stereocenters. The van der Waals surface area contributed by atoms with Crippen molar-refractivity contribution >= 4 is 11.9 Å². The maximum absolute atomic E-state index is 11.7. The second-order valence-electron chi connectivity index (χ2n) is 5.97. The predicted octanol–water partition coefficient (Wildman–Crippen LogP) is 4.96. The van der Waals surface area contributed by atoms with Crippen LogP contribution < -0.4 is 0 Å². The summed E-state index contributed by atoms with van der Waals surface area (Å²) in [4.78, 5) is 23.3. The van der Waals surface area contributed by atoms with Crippen LogP contribution in [-0.4, -0.2) is 25.2 Å². The number of carbonyl (C=O) groups is 2. The Morgan fingerprint density at radius 3 is 1.83 bits per heavy atom. The van der Waals surface area contributed by atoms with Crippen LogP contribution in [-0.2, 0) is 19.1 Å². The van der Waals surface area contributed by atoms with Crippen molar-refractivity contribution in [3.63, 3.8) is 0 Å². The smallest absolute Gasteiger partial charge is 0.333 e. The molecule has 0 radical (unpaired) electrons. The minimum atomic E-state index is -0.488. The Balaban J connectivity index is 3.60. The summed E-state index contributed by atoms with van der Waals surface area (Å²) < 4.78 is 10.2. The molecule has 0 spiro atoms. The minimum absolute atomic E-state index is 0.0797. The Morgan fingerprint density at radius 1 is 0.739 bits per heavy atom. The van der Waals surface area contributed by atoms with E-state index < -0.39 is 11.9 Å². The van der Waals surface area contributed by atoms with E-state index in [1.165, 1.54) is 25.7 Å². The van der Waals surface area contributed by atoms with Gasteiger partial charge in [0.15, 0.2) is 0 Å². The van der Waals surface area contributed by atoms with E-state index in [-0.39, 0.29) is 12.0 Å². The Morgan fingerprint density at radius 2 is 1.22 bits per heavy atom. The fourth-order valence-electron chi connectivity index (χ4n) is 2.16. The molecule has 0 saturated carbocycles. The average molecular weight is 326 g/mol. The Labute approximate surface area is 141 Å². The molecule has 0 fully saturated rings. The van der Waals surface area contributed by atoms with Crippen LogP contribution in [0.3, 0.4) is 0 Å². The van der Waals surface area contributed by atoms with E-state index in [0.29, 0.717) is 13.2 Å². The first kappa shape index (κ1) is 21.7. The number of rotatable bonds is 15. The van der Waals surface area contributed by atoms with Gasteiger partial charge in [0.1, 0.15) is 0 Å². The largest absolute Gasteiger partial charge is 0.465 e. The highest BCUT2D eigenvalue weighted by molar-refractivity contribution is 5.93. The molecular weight excluding hydrogens is 292 g/mol. The highest BCUT2D eigenvalue weighted by atomic mass is 16.5. The summed E-state index contributed by atoms with van der Waals surface area (Å²) in [5.74, 6) is -0.885. The van der Waals surface area contributed by atoms with Gasteiger partial charge in [-0.25, -0.2) is 4.79 Å². The number of hydrogen-bond donors (Lipinski definition) is 0. The molecule has 134 valence electrons. The number of unbranched alkanes of at least 4 members (excludes halogenated alkanes) is 8. The molecule has 0 aromatic rings. The lowest BCUT2D eigenvalue weighted by Gasteiger charge is -2.08. The van der Waals surface area contributed by atoms with Crippen molar-refractivity contribution in [3.8, 4) is 0 Å². The van der Waals surface area contributed by atoms with Gasteiger partial charge in [0.25, 0.3) is 0 Å². The van der Waals surface area contributed by atoms with Crippen LogP contribution in [0, 0.1) is 0 Å². The molecule has 0 aromatic heterocycles. The molecule has 0 bridgehead atoms. The number of ether oxygens (including phenoxy) is 2. The Bertz CT molecular complexity index is 336. The van der Waals surface area contributed by atoms with Crippen LogP contribution in [0.5, 0.6) is 0 Å². The van der Waals surface area contributed by atoms with Crippen LogP contribution >= 0.6 is 0 Å². The van der Waals surface area contributed by atoms with E-state index in [1.54, 1.807) is 0 Å². The Hall–Kier alpha value is -1.32. The van der Waals surface area contributed by atoms with Gasteiger partial charge in [-0.3, -0.25) is 4.79 Å². The summed E-state index contributed by atoms with van der Waals surface area (Å²) in [6.45, 7) is 8.74. The maximum atomic E-state index is 11.7. The van der Waals surface area contributed by atoms with E-state index >= 15 is 0 Å². The summed E-state index contributed by atoms with van der Waals surface area (Å²) in [5, 5.41) is 0. The zero-order chi connectivity index (χ0) is 17.3. The van der Waals surface area contributed by atoms with Gasteiger partial charge in [-0.05, 0) is 12.8 Å².